The second-order valence-corrected chi connectivity index (χ2v) is 6.01. The second-order valence-electron chi connectivity index (χ2n) is 6.01. The van der Waals surface area contributed by atoms with Crippen molar-refractivity contribution in [1.29, 1.82) is 0 Å². The van der Waals surface area contributed by atoms with Crippen LogP contribution in [0.5, 0.6) is 0 Å². The Labute approximate surface area is 108 Å². The van der Waals surface area contributed by atoms with Gasteiger partial charge >= 0.3 is 0 Å². The van der Waals surface area contributed by atoms with E-state index in [1.165, 1.54) is 51.6 Å². The van der Waals surface area contributed by atoms with Crippen LogP contribution in [0, 0.1) is 0 Å². The lowest BCUT2D eigenvalue weighted by atomic mass is 9.94. The van der Waals surface area contributed by atoms with Crippen LogP contribution in [-0.4, -0.2) is 36.1 Å². The van der Waals surface area contributed by atoms with E-state index >= 15 is 0 Å². The van der Waals surface area contributed by atoms with Crippen LogP contribution in [0.4, 0.5) is 0 Å². The first-order valence-corrected chi connectivity index (χ1v) is 7.60. The van der Waals surface area contributed by atoms with Crippen molar-refractivity contribution in [2.24, 2.45) is 0 Å². The van der Waals surface area contributed by atoms with Gasteiger partial charge < -0.3 is 5.32 Å². The molecule has 0 aromatic carbocycles. The van der Waals surface area contributed by atoms with Gasteiger partial charge in [-0.25, -0.2) is 0 Å². The molecule has 0 aromatic heterocycles. The van der Waals surface area contributed by atoms with Crippen LogP contribution in [0.3, 0.4) is 0 Å². The second kappa shape index (κ2) is 7.38. The number of hydrogen-bond donors (Lipinski definition) is 1. The van der Waals surface area contributed by atoms with Gasteiger partial charge in [-0.15, -0.1) is 0 Å². The maximum Gasteiger partial charge on any atom is 0.0278 e. The summed E-state index contributed by atoms with van der Waals surface area (Å²) in [4.78, 5) is 2.69. The van der Waals surface area contributed by atoms with E-state index in [9.17, 15) is 0 Å². The molecule has 17 heavy (non-hydrogen) atoms. The Hall–Kier alpha value is -0.0800. The molecule has 0 radical (unpaired) electrons. The van der Waals surface area contributed by atoms with Crippen molar-refractivity contribution in [3.63, 3.8) is 0 Å². The summed E-state index contributed by atoms with van der Waals surface area (Å²) in [6.45, 7) is 13.0. The summed E-state index contributed by atoms with van der Waals surface area (Å²) >= 11 is 0. The fourth-order valence-electron chi connectivity index (χ4n) is 2.75. The van der Waals surface area contributed by atoms with E-state index in [-0.39, 0.29) is 0 Å². The zero-order valence-corrected chi connectivity index (χ0v) is 12.4. The van der Waals surface area contributed by atoms with E-state index in [4.69, 9.17) is 0 Å². The molecule has 2 atom stereocenters. The lowest BCUT2D eigenvalue weighted by Gasteiger charge is -2.43. The third-order valence-corrected chi connectivity index (χ3v) is 4.38. The van der Waals surface area contributed by atoms with Crippen LogP contribution in [0.2, 0.25) is 0 Å². The topological polar surface area (TPSA) is 15.3 Å². The van der Waals surface area contributed by atoms with Crippen LogP contribution >= 0.6 is 0 Å². The van der Waals surface area contributed by atoms with Gasteiger partial charge in [-0.1, -0.05) is 39.5 Å². The molecule has 1 aliphatic rings. The predicted molar refractivity (Wildman–Crippen MR) is 76.5 cm³/mol. The Morgan fingerprint density at radius 3 is 2.65 bits per heavy atom. The number of nitrogens with one attached hydrogen (secondary N) is 1. The average molecular weight is 240 g/mol. The number of rotatable bonds is 7. The van der Waals surface area contributed by atoms with Crippen LogP contribution in [-0.2, 0) is 0 Å². The Kier molecular flexibility index (Phi) is 6.50. The molecule has 1 fully saturated rings. The maximum atomic E-state index is 3.66. The van der Waals surface area contributed by atoms with Gasteiger partial charge in [-0.2, -0.15) is 0 Å². The molecule has 1 aliphatic heterocycles. The van der Waals surface area contributed by atoms with Crippen molar-refractivity contribution in [3.8, 4) is 0 Å². The van der Waals surface area contributed by atoms with Gasteiger partial charge in [0, 0.05) is 31.2 Å². The normalized spacial score (nSPS) is 28.2. The van der Waals surface area contributed by atoms with E-state index in [1.807, 2.05) is 0 Å². The summed E-state index contributed by atoms with van der Waals surface area (Å²) < 4.78 is 0. The summed E-state index contributed by atoms with van der Waals surface area (Å²) in [5, 5.41) is 3.66. The molecule has 1 saturated heterocycles. The quantitative estimate of drug-likeness (QED) is 0.686. The van der Waals surface area contributed by atoms with Crippen LogP contribution in [0.15, 0.2) is 0 Å². The molecule has 0 aliphatic carbocycles. The minimum Gasteiger partial charge on any atom is -0.309 e. The Morgan fingerprint density at radius 2 is 2.00 bits per heavy atom. The molecule has 2 heteroatoms. The largest absolute Gasteiger partial charge is 0.309 e. The van der Waals surface area contributed by atoms with Crippen molar-refractivity contribution in [1.82, 2.24) is 10.2 Å². The maximum absolute atomic E-state index is 3.66. The van der Waals surface area contributed by atoms with Crippen molar-refractivity contribution in [2.45, 2.75) is 77.8 Å². The molecular weight excluding hydrogens is 208 g/mol. The molecule has 0 amide bonds. The van der Waals surface area contributed by atoms with E-state index in [2.05, 4.69) is 37.9 Å². The first-order chi connectivity index (χ1) is 8.11. The van der Waals surface area contributed by atoms with Crippen LogP contribution in [0.1, 0.15) is 66.2 Å². The third-order valence-electron chi connectivity index (χ3n) is 4.38. The van der Waals surface area contributed by atoms with Gasteiger partial charge in [-0.3, -0.25) is 4.90 Å². The first-order valence-electron chi connectivity index (χ1n) is 7.60. The highest BCUT2D eigenvalue weighted by Crippen LogP contribution is 2.19. The predicted octanol–water partition coefficient (Wildman–Crippen LogP) is 3.42. The first kappa shape index (κ1) is 15.0. The highest BCUT2D eigenvalue weighted by Gasteiger charge is 2.30. The smallest absolute Gasteiger partial charge is 0.0278 e. The van der Waals surface area contributed by atoms with Gasteiger partial charge in [0.1, 0.15) is 0 Å². The van der Waals surface area contributed by atoms with Gasteiger partial charge in [0.2, 0.25) is 0 Å². The monoisotopic (exact) mass is 240 g/mol. The van der Waals surface area contributed by atoms with Crippen molar-refractivity contribution in [2.75, 3.05) is 19.6 Å². The van der Waals surface area contributed by atoms with E-state index in [0.29, 0.717) is 5.54 Å². The summed E-state index contributed by atoms with van der Waals surface area (Å²) in [6.07, 6.45) is 8.17. The van der Waals surface area contributed by atoms with Crippen LogP contribution < -0.4 is 5.32 Å². The van der Waals surface area contributed by atoms with Gasteiger partial charge in [0.05, 0.1) is 0 Å². The number of unbranched alkanes of at least 4 members (excludes halogenated alkanes) is 3. The van der Waals surface area contributed by atoms with Crippen molar-refractivity contribution in [3.05, 3.63) is 0 Å². The minimum atomic E-state index is 0.343. The Balaban J connectivity index is 2.28. The fourth-order valence-corrected chi connectivity index (χ4v) is 2.75. The zero-order chi connectivity index (χ0) is 12.7. The highest BCUT2D eigenvalue weighted by molar-refractivity contribution is 4.91. The van der Waals surface area contributed by atoms with E-state index < -0.39 is 0 Å². The van der Waals surface area contributed by atoms with E-state index in [0.717, 1.165) is 12.6 Å². The summed E-state index contributed by atoms with van der Waals surface area (Å²) in [7, 11) is 0. The average Bonchev–Trinajstić information content (AvgIpc) is 2.34. The minimum absolute atomic E-state index is 0.343. The fraction of sp³-hybridized carbons (Fsp3) is 1.00. The molecule has 0 aromatic rings. The molecule has 0 spiro atoms. The van der Waals surface area contributed by atoms with Gasteiger partial charge in [-0.05, 0) is 26.7 Å². The SMILES string of the molecule is CCCCCCC(C)N1CCNC(C)(CC)C1. The standard InChI is InChI=1S/C15H32N2/c1-5-7-8-9-10-14(3)17-12-11-16-15(4,6-2)13-17/h14,16H,5-13H2,1-4H3. The van der Waals surface area contributed by atoms with Gasteiger partial charge in [0.15, 0.2) is 0 Å². The van der Waals surface area contributed by atoms with Crippen LogP contribution in [0.25, 0.3) is 0 Å². The molecule has 1 heterocycles. The Morgan fingerprint density at radius 1 is 1.24 bits per heavy atom. The number of nitrogens with zero attached hydrogens (tertiary/aromatic N) is 1. The third kappa shape index (κ3) is 4.97. The number of piperazine rings is 1. The summed E-state index contributed by atoms with van der Waals surface area (Å²) in [5.74, 6) is 0. The zero-order valence-electron chi connectivity index (χ0n) is 12.4. The van der Waals surface area contributed by atoms with Crippen molar-refractivity contribution >= 4 is 0 Å². The molecule has 102 valence electrons. The molecule has 2 nitrogen and oxygen atoms in total. The number of hydrogen-bond acceptors (Lipinski definition) is 2. The Bertz CT molecular complexity index is 205. The molecule has 1 N–H and O–H groups in total. The molecule has 0 bridgehead atoms. The summed E-state index contributed by atoms with van der Waals surface area (Å²) in [6, 6.07) is 0.764. The lowest BCUT2D eigenvalue weighted by molar-refractivity contribution is 0.0994. The summed E-state index contributed by atoms with van der Waals surface area (Å²) in [5.41, 5.74) is 0.343. The highest BCUT2D eigenvalue weighted by atomic mass is 15.2. The van der Waals surface area contributed by atoms with Crippen molar-refractivity contribution < 1.29 is 0 Å². The molecule has 1 rings (SSSR count). The molecular formula is C15H32N2. The lowest BCUT2D eigenvalue weighted by Crippen LogP contribution is -2.60. The van der Waals surface area contributed by atoms with Gasteiger partial charge in [0.25, 0.3) is 0 Å². The molecule has 0 saturated carbocycles. The van der Waals surface area contributed by atoms with E-state index in [1.54, 1.807) is 0 Å². The molecule has 2 unspecified atom stereocenters.